The Morgan fingerprint density at radius 1 is 1.60 bits per heavy atom. The first-order chi connectivity index (χ1) is 7.18. The molecule has 0 N–H and O–H groups in total. The van der Waals surface area contributed by atoms with Crippen LogP contribution in [0.1, 0.15) is 16.6 Å². The molecule has 15 heavy (non-hydrogen) atoms. The molecule has 0 aliphatic carbocycles. The maximum Gasteiger partial charge on any atom is 0.267 e. The predicted molar refractivity (Wildman–Crippen MR) is 57.9 cm³/mol. The molecule has 1 amide bonds. The van der Waals surface area contributed by atoms with E-state index < -0.39 is 0 Å². The molecule has 0 unspecified atom stereocenters. The molecule has 1 aliphatic rings. The summed E-state index contributed by atoms with van der Waals surface area (Å²) in [5, 5.41) is 3.69. The van der Waals surface area contributed by atoms with Crippen LogP contribution in [0.2, 0.25) is 0 Å². The lowest BCUT2D eigenvalue weighted by molar-refractivity contribution is 0.0538. The molecule has 1 aromatic rings. The second kappa shape index (κ2) is 4.24. The molecule has 0 spiro atoms. The van der Waals surface area contributed by atoms with Gasteiger partial charge in [-0.15, -0.1) is 5.10 Å². The van der Waals surface area contributed by atoms with Gasteiger partial charge in [0.25, 0.3) is 5.91 Å². The van der Waals surface area contributed by atoms with Crippen molar-refractivity contribution >= 4 is 17.4 Å². The zero-order valence-electron chi connectivity index (χ0n) is 8.88. The summed E-state index contributed by atoms with van der Waals surface area (Å²) in [6, 6.07) is 0.262. The third-order valence-corrected chi connectivity index (χ3v) is 3.32. The molecule has 6 heteroatoms. The van der Waals surface area contributed by atoms with E-state index in [1.165, 1.54) is 6.20 Å². The van der Waals surface area contributed by atoms with E-state index in [1.807, 2.05) is 4.90 Å². The zero-order valence-corrected chi connectivity index (χ0v) is 9.70. The fraction of sp³-hybridized carbons (Fsp3) is 0.667. The molecule has 0 aromatic carbocycles. The Morgan fingerprint density at radius 2 is 2.40 bits per heavy atom. The number of carbonyl (C=O) groups is 1. The van der Waals surface area contributed by atoms with Gasteiger partial charge in [-0.3, -0.25) is 4.79 Å². The molecule has 1 saturated heterocycles. The third-order valence-electron chi connectivity index (χ3n) is 2.66. The highest BCUT2D eigenvalue weighted by atomic mass is 32.1. The number of rotatable bonds is 1. The van der Waals surface area contributed by atoms with E-state index >= 15 is 0 Å². The number of aromatic nitrogens is 2. The van der Waals surface area contributed by atoms with Gasteiger partial charge in [-0.1, -0.05) is 4.49 Å². The minimum atomic E-state index is 0.0607. The molecule has 1 atom stereocenters. The van der Waals surface area contributed by atoms with Gasteiger partial charge in [0.15, 0.2) is 0 Å². The molecule has 0 saturated carbocycles. The summed E-state index contributed by atoms with van der Waals surface area (Å²) in [7, 11) is 2.08. The van der Waals surface area contributed by atoms with E-state index in [9.17, 15) is 4.79 Å². The van der Waals surface area contributed by atoms with E-state index in [4.69, 9.17) is 0 Å². The van der Waals surface area contributed by atoms with Gasteiger partial charge in [-0.2, -0.15) is 0 Å². The first kappa shape index (κ1) is 10.5. The standard InChI is InChI=1S/C9H14N4OS/c1-7-6-12(2)3-4-13(7)9(14)8-5-10-11-15-8/h5,7H,3-4,6H2,1-2H3/t7-/m1/s1. The molecule has 0 bridgehead atoms. The van der Waals surface area contributed by atoms with E-state index in [1.54, 1.807) is 0 Å². The summed E-state index contributed by atoms with van der Waals surface area (Å²) >= 11 is 1.16. The molecule has 82 valence electrons. The number of amides is 1. The van der Waals surface area contributed by atoms with Crippen molar-refractivity contribution < 1.29 is 4.79 Å². The molecule has 2 heterocycles. The van der Waals surface area contributed by atoms with Crippen LogP contribution >= 0.6 is 11.5 Å². The third kappa shape index (κ3) is 2.15. The Labute approximate surface area is 92.9 Å². The summed E-state index contributed by atoms with van der Waals surface area (Å²) in [4.78, 5) is 16.8. The Hall–Kier alpha value is -1.01. The van der Waals surface area contributed by atoms with Crippen molar-refractivity contribution in [2.24, 2.45) is 0 Å². The van der Waals surface area contributed by atoms with Crippen LogP contribution in [0.5, 0.6) is 0 Å². The second-order valence-electron chi connectivity index (χ2n) is 3.89. The van der Waals surface area contributed by atoms with Crippen LogP contribution in [0.4, 0.5) is 0 Å². The van der Waals surface area contributed by atoms with Gasteiger partial charge >= 0.3 is 0 Å². The van der Waals surface area contributed by atoms with Crippen LogP contribution < -0.4 is 0 Å². The van der Waals surface area contributed by atoms with E-state index in [-0.39, 0.29) is 11.9 Å². The lowest BCUT2D eigenvalue weighted by atomic mass is 10.2. The summed E-state index contributed by atoms with van der Waals surface area (Å²) in [5.74, 6) is 0.0607. The first-order valence-electron chi connectivity index (χ1n) is 4.95. The SMILES string of the molecule is C[C@@H]1CN(C)CCN1C(=O)c1cnns1. The highest BCUT2D eigenvalue weighted by Crippen LogP contribution is 2.14. The smallest absolute Gasteiger partial charge is 0.267 e. The van der Waals surface area contributed by atoms with Crippen LogP contribution in [0.3, 0.4) is 0 Å². The maximum atomic E-state index is 12.0. The normalized spacial score (nSPS) is 23.1. The Morgan fingerprint density at radius 3 is 3.00 bits per heavy atom. The minimum absolute atomic E-state index is 0.0607. The van der Waals surface area contributed by atoms with Crippen LogP contribution in [0, 0.1) is 0 Å². The summed E-state index contributed by atoms with van der Waals surface area (Å²) in [6.45, 7) is 4.72. The Kier molecular flexibility index (Phi) is 2.97. The quantitative estimate of drug-likeness (QED) is 0.691. The van der Waals surface area contributed by atoms with Crippen molar-refractivity contribution in [2.45, 2.75) is 13.0 Å². The Bertz CT molecular complexity index is 340. The molecule has 2 rings (SSSR count). The zero-order chi connectivity index (χ0) is 10.8. The number of piperazine rings is 1. The average Bonchev–Trinajstić information content (AvgIpc) is 2.69. The molecule has 5 nitrogen and oxygen atoms in total. The summed E-state index contributed by atoms with van der Waals surface area (Å²) in [5.41, 5.74) is 0. The van der Waals surface area contributed by atoms with E-state index in [0.29, 0.717) is 4.88 Å². The Balaban J connectivity index is 2.08. The topological polar surface area (TPSA) is 49.3 Å². The van der Waals surface area contributed by atoms with Gasteiger partial charge < -0.3 is 9.80 Å². The van der Waals surface area contributed by atoms with Gasteiger partial charge in [0, 0.05) is 25.7 Å². The van der Waals surface area contributed by atoms with Crippen molar-refractivity contribution in [2.75, 3.05) is 26.7 Å². The van der Waals surface area contributed by atoms with Crippen LogP contribution in [0.15, 0.2) is 6.20 Å². The highest BCUT2D eigenvalue weighted by molar-refractivity contribution is 7.07. The van der Waals surface area contributed by atoms with Crippen molar-refractivity contribution in [1.29, 1.82) is 0 Å². The van der Waals surface area contributed by atoms with Crippen molar-refractivity contribution in [3.63, 3.8) is 0 Å². The lowest BCUT2D eigenvalue weighted by Crippen LogP contribution is -2.52. The number of hydrogen-bond acceptors (Lipinski definition) is 5. The van der Waals surface area contributed by atoms with Gasteiger partial charge in [0.2, 0.25) is 0 Å². The molecule has 1 aromatic heterocycles. The summed E-state index contributed by atoms with van der Waals surface area (Å²) in [6.07, 6.45) is 1.54. The van der Waals surface area contributed by atoms with Gasteiger partial charge in [-0.25, -0.2) is 0 Å². The van der Waals surface area contributed by atoms with Crippen LogP contribution in [-0.4, -0.2) is 58.0 Å². The van der Waals surface area contributed by atoms with Gasteiger partial charge in [0.1, 0.15) is 4.88 Å². The molecule has 1 aliphatic heterocycles. The largest absolute Gasteiger partial charge is 0.333 e. The van der Waals surface area contributed by atoms with E-state index in [0.717, 1.165) is 31.2 Å². The van der Waals surface area contributed by atoms with Crippen molar-refractivity contribution in [3.8, 4) is 0 Å². The number of carbonyl (C=O) groups excluding carboxylic acids is 1. The lowest BCUT2D eigenvalue weighted by Gasteiger charge is -2.37. The molecular formula is C9H14N4OS. The fourth-order valence-electron chi connectivity index (χ4n) is 1.84. The molecule has 0 radical (unpaired) electrons. The second-order valence-corrected chi connectivity index (χ2v) is 4.68. The predicted octanol–water partition coefficient (Wildman–Crippen LogP) is 0.314. The van der Waals surface area contributed by atoms with Crippen molar-refractivity contribution in [1.82, 2.24) is 19.4 Å². The first-order valence-corrected chi connectivity index (χ1v) is 5.72. The molecule has 1 fully saturated rings. The highest BCUT2D eigenvalue weighted by Gasteiger charge is 2.27. The van der Waals surface area contributed by atoms with Crippen molar-refractivity contribution in [3.05, 3.63) is 11.1 Å². The number of likely N-dealkylation sites (N-methyl/N-ethyl adjacent to an activating group) is 1. The molecular weight excluding hydrogens is 212 g/mol. The van der Waals surface area contributed by atoms with Gasteiger partial charge in [0.05, 0.1) is 6.20 Å². The number of nitrogens with zero attached hydrogens (tertiary/aromatic N) is 4. The van der Waals surface area contributed by atoms with Gasteiger partial charge in [-0.05, 0) is 25.5 Å². The number of hydrogen-bond donors (Lipinski definition) is 0. The van der Waals surface area contributed by atoms with Crippen LogP contribution in [-0.2, 0) is 0 Å². The maximum absolute atomic E-state index is 12.0. The average molecular weight is 226 g/mol. The minimum Gasteiger partial charge on any atom is -0.333 e. The fourth-order valence-corrected chi connectivity index (χ4v) is 2.32. The van der Waals surface area contributed by atoms with Crippen LogP contribution in [0.25, 0.3) is 0 Å². The summed E-state index contributed by atoms with van der Waals surface area (Å²) < 4.78 is 3.71. The van der Waals surface area contributed by atoms with E-state index in [2.05, 4.69) is 28.5 Å². The monoisotopic (exact) mass is 226 g/mol.